The number of pyridine rings is 1. The van der Waals surface area contributed by atoms with Gasteiger partial charge < -0.3 is 14.4 Å². The Hall–Kier alpha value is -2.13. The fourth-order valence-electron chi connectivity index (χ4n) is 2.95. The maximum atomic E-state index is 12.9. The molecule has 1 unspecified atom stereocenters. The van der Waals surface area contributed by atoms with Crippen LogP contribution in [0.2, 0.25) is 0 Å². The van der Waals surface area contributed by atoms with Crippen molar-refractivity contribution >= 4 is 5.91 Å². The summed E-state index contributed by atoms with van der Waals surface area (Å²) in [5.74, 6) is 0.812. The van der Waals surface area contributed by atoms with Gasteiger partial charge in [0.15, 0.2) is 0 Å². The van der Waals surface area contributed by atoms with Crippen LogP contribution < -0.4 is 4.74 Å². The monoisotopic (exact) mass is 301 g/mol. The van der Waals surface area contributed by atoms with Gasteiger partial charge in [-0.05, 0) is 25.7 Å². The van der Waals surface area contributed by atoms with Crippen LogP contribution in [-0.4, -0.2) is 41.7 Å². The van der Waals surface area contributed by atoms with E-state index < -0.39 is 5.60 Å². The Bertz CT molecular complexity index is 636. The summed E-state index contributed by atoms with van der Waals surface area (Å²) in [6.45, 7) is 3.10. The summed E-state index contributed by atoms with van der Waals surface area (Å²) in [6, 6.07) is 2.08. The number of aromatic nitrogens is 1. The molecule has 0 saturated heterocycles. The average Bonchev–Trinajstić information content (AvgIpc) is 3.38. The van der Waals surface area contributed by atoms with Crippen molar-refractivity contribution in [1.82, 2.24) is 9.88 Å². The van der Waals surface area contributed by atoms with E-state index in [4.69, 9.17) is 14.7 Å². The largest absolute Gasteiger partial charge is 0.490 e. The lowest BCUT2D eigenvalue weighted by molar-refractivity contribution is -0.156. The first-order valence-corrected chi connectivity index (χ1v) is 7.44. The molecule has 1 aromatic rings. The van der Waals surface area contributed by atoms with Gasteiger partial charge in [-0.15, -0.1) is 0 Å². The Labute approximate surface area is 129 Å². The molecule has 116 valence electrons. The third-order valence-corrected chi connectivity index (χ3v) is 4.55. The number of rotatable bonds is 3. The number of nitrogens with zero attached hydrogens (tertiary/aromatic N) is 3. The SMILES string of the molecule is COC(C)(C(=O)N1CCOc2c(C#N)cncc2C1)C1CC1. The molecule has 1 aliphatic heterocycles. The molecule has 1 aromatic heterocycles. The molecule has 0 aromatic carbocycles. The van der Waals surface area contributed by atoms with E-state index in [1.54, 1.807) is 18.2 Å². The average molecular weight is 301 g/mol. The van der Waals surface area contributed by atoms with Crippen molar-refractivity contribution < 1.29 is 14.3 Å². The van der Waals surface area contributed by atoms with Gasteiger partial charge in [0.05, 0.1) is 13.1 Å². The standard InChI is InChI=1S/C16H19N3O3/c1-16(21-2,13-3-4-13)15(20)19-5-6-22-14-11(7-17)8-18-9-12(14)10-19/h8-9,13H,3-6,10H2,1-2H3. The molecule has 0 bridgehead atoms. The molecule has 1 aliphatic carbocycles. The van der Waals surface area contributed by atoms with E-state index in [0.717, 1.165) is 18.4 Å². The second-order valence-electron chi connectivity index (χ2n) is 5.95. The summed E-state index contributed by atoms with van der Waals surface area (Å²) in [7, 11) is 1.59. The fraction of sp³-hybridized carbons (Fsp3) is 0.562. The van der Waals surface area contributed by atoms with Crippen molar-refractivity contribution in [3.8, 4) is 11.8 Å². The first kappa shape index (κ1) is 14.8. The van der Waals surface area contributed by atoms with Gasteiger partial charge in [-0.3, -0.25) is 9.78 Å². The molecule has 2 heterocycles. The van der Waals surface area contributed by atoms with Crippen LogP contribution in [0.5, 0.6) is 5.75 Å². The molecule has 2 aliphatic rings. The molecule has 0 spiro atoms. The maximum absolute atomic E-state index is 12.9. The van der Waals surface area contributed by atoms with E-state index >= 15 is 0 Å². The van der Waals surface area contributed by atoms with Crippen LogP contribution in [0.3, 0.4) is 0 Å². The molecule has 0 N–H and O–H groups in total. The van der Waals surface area contributed by atoms with Gasteiger partial charge in [-0.2, -0.15) is 5.26 Å². The second-order valence-corrected chi connectivity index (χ2v) is 5.95. The first-order valence-electron chi connectivity index (χ1n) is 7.44. The van der Waals surface area contributed by atoms with E-state index in [-0.39, 0.29) is 11.8 Å². The van der Waals surface area contributed by atoms with Gasteiger partial charge in [0.25, 0.3) is 5.91 Å². The van der Waals surface area contributed by atoms with Crippen molar-refractivity contribution in [2.24, 2.45) is 5.92 Å². The van der Waals surface area contributed by atoms with Crippen LogP contribution >= 0.6 is 0 Å². The Kier molecular flexibility index (Phi) is 3.75. The molecule has 1 amide bonds. The topological polar surface area (TPSA) is 75.4 Å². The van der Waals surface area contributed by atoms with Crippen molar-refractivity contribution in [2.75, 3.05) is 20.3 Å². The van der Waals surface area contributed by atoms with Crippen LogP contribution in [0.4, 0.5) is 0 Å². The zero-order chi connectivity index (χ0) is 15.7. The number of carbonyl (C=O) groups excluding carboxylic acids is 1. The van der Waals surface area contributed by atoms with Crippen molar-refractivity contribution in [1.29, 1.82) is 5.26 Å². The number of hydrogen-bond donors (Lipinski definition) is 0. The van der Waals surface area contributed by atoms with Gasteiger partial charge in [0.1, 0.15) is 29.6 Å². The van der Waals surface area contributed by atoms with E-state index in [1.807, 2.05) is 6.92 Å². The minimum absolute atomic E-state index is 0.0173. The van der Waals surface area contributed by atoms with Crippen molar-refractivity contribution in [3.63, 3.8) is 0 Å². The Balaban J connectivity index is 1.87. The smallest absolute Gasteiger partial charge is 0.255 e. The molecule has 3 rings (SSSR count). The van der Waals surface area contributed by atoms with E-state index in [2.05, 4.69) is 11.1 Å². The summed E-state index contributed by atoms with van der Waals surface area (Å²) < 4.78 is 11.2. The van der Waals surface area contributed by atoms with E-state index in [9.17, 15) is 4.79 Å². The number of nitriles is 1. The normalized spacial score (nSPS) is 20.1. The lowest BCUT2D eigenvalue weighted by Gasteiger charge is -2.32. The highest BCUT2D eigenvalue weighted by Crippen LogP contribution is 2.43. The molecule has 0 radical (unpaired) electrons. The zero-order valence-electron chi connectivity index (χ0n) is 12.8. The van der Waals surface area contributed by atoms with Crippen LogP contribution in [0, 0.1) is 17.2 Å². The van der Waals surface area contributed by atoms with Gasteiger partial charge in [-0.25, -0.2) is 0 Å². The first-order chi connectivity index (χ1) is 10.6. The highest BCUT2D eigenvalue weighted by molar-refractivity contribution is 5.86. The summed E-state index contributed by atoms with van der Waals surface area (Å²) in [5.41, 5.74) is 0.396. The number of amides is 1. The minimum Gasteiger partial charge on any atom is -0.490 e. The summed E-state index contributed by atoms with van der Waals surface area (Å²) in [6.07, 6.45) is 5.19. The van der Waals surface area contributed by atoms with Crippen LogP contribution in [-0.2, 0) is 16.1 Å². The molecule has 6 nitrogen and oxygen atoms in total. The van der Waals surface area contributed by atoms with Crippen molar-refractivity contribution in [2.45, 2.75) is 31.9 Å². The highest BCUT2D eigenvalue weighted by Gasteiger charge is 2.49. The molecular formula is C16H19N3O3. The predicted molar refractivity (Wildman–Crippen MR) is 78.0 cm³/mol. The van der Waals surface area contributed by atoms with Crippen LogP contribution in [0.25, 0.3) is 0 Å². The third-order valence-electron chi connectivity index (χ3n) is 4.55. The fourth-order valence-corrected chi connectivity index (χ4v) is 2.95. The van der Waals surface area contributed by atoms with Gasteiger partial charge in [0, 0.05) is 25.1 Å². The lowest BCUT2D eigenvalue weighted by Crippen LogP contribution is -2.50. The van der Waals surface area contributed by atoms with Gasteiger partial charge >= 0.3 is 0 Å². The molecular weight excluding hydrogens is 282 g/mol. The Morgan fingerprint density at radius 1 is 1.55 bits per heavy atom. The van der Waals surface area contributed by atoms with Crippen LogP contribution in [0.15, 0.2) is 12.4 Å². The van der Waals surface area contributed by atoms with E-state index in [0.29, 0.717) is 31.0 Å². The van der Waals surface area contributed by atoms with Crippen LogP contribution in [0.1, 0.15) is 30.9 Å². The molecule has 6 heteroatoms. The lowest BCUT2D eigenvalue weighted by atomic mass is 9.98. The second kappa shape index (κ2) is 5.58. The summed E-state index contributed by atoms with van der Waals surface area (Å²) in [4.78, 5) is 18.7. The molecule has 1 atom stereocenters. The third kappa shape index (κ3) is 2.42. The van der Waals surface area contributed by atoms with E-state index in [1.165, 1.54) is 6.20 Å². The summed E-state index contributed by atoms with van der Waals surface area (Å²) >= 11 is 0. The number of hydrogen-bond acceptors (Lipinski definition) is 5. The van der Waals surface area contributed by atoms with Gasteiger partial charge in [-0.1, -0.05) is 0 Å². The number of methoxy groups -OCH3 is 1. The minimum atomic E-state index is -0.773. The Morgan fingerprint density at radius 2 is 2.32 bits per heavy atom. The maximum Gasteiger partial charge on any atom is 0.255 e. The molecule has 1 fully saturated rings. The quantitative estimate of drug-likeness (QED) is 0.845. The predicted octanol–water partition coefficient (Wildman–Crippen LogP) is 1.49. The van der Waals surface area contributed by atoms with Crippen molar-refractivity contribution in [3.05, 3.63) is 23.5 Å². The van der Waals surface area contributed by atoms with Gasteiger partial charge in [0.2, 0.25) is 0 Å². The molecule has 1 saturated carbocycles. The zero-order valence-corrected chi connectivity index (χ0v) is 12.8. The summed E-state index contributed by atoms with van der Waals surface area (Å²) in [5, 5.41) is 9.14. The highest BCUT2D eigenvalue weighted by atomic mass is 16.5. The number of carbonyl (C=O) groups is 1. The number of ether oxygens (including phenoxy) is 2. The molecule has 22 heavy (non-hydrogen) atoms. The Morgan fingerprint density at radius 3 is 2.95 bits per heavy atom. The number of fused-ring (bicyclic) bond motifs is 1.